The summed E-state index contributed by atoms with van der Waals surface area (Å²) < 4.78 is 0. The second-order valence-electron chi connectivity index (χ2n) is 2.68. The lowest BCUT2D eigenvalue weighted by molar-refractivity contribution is 0.173. The molecule has 0 fully saturated rings. The largest absolute Gasteiger partial charge is 0.367 e. The lowest BCUT2D eigenvalue weighted by Gasteiger charge is -2.09. The first-order valence-corrected chi connectivity index (χ1v) is 3.27. The second-order valence-corrected chi connectivity index (χ2v) is 2.68. The minimum absolute atomic E-state index is 1.34. The van der Waals surface area contributed by atoms with Crippen LogP contribution in [-0.2, 0) is 0 Å². The zero-order valence-corrected chi connectivity index (χ0v) is 7.05. The molecule has 2 unspecified atom stereocenters. The van der Waals surface area contributed by atoms with E-state index in [0.717, 1.165) is 0 Å². The van der Waals surface area contributed by atoms with Crippen molar-refractivity contribution in [3.63, 3.8) is 0 Å². The van der Waals surface area contributed by atoms with Crippen molar-refractivity contribution in [1.82, 2.24) is 0 Å². The first-order valence-electron chi connectivity index (χ1n) is 3.27. The maximum Gasteiger partial charge on any atom is 0.184 e. The Morgan fingerprint density at radius 2 is 1.17 bits per heavy atom. The lowest BCUT2D eigenvalue weighted by atomic mass is 10.1. The third kappa shape index (κ3) is 3.69. The Morgan fingerprint density at radius 3 is 1.33 bits per heavy atom. The summed E-state index contributed by atoms with van der Waals surface area (Å²) in [5, 5.41) is 18.4. The van der Waals surface area contributed by atoms with Crippen molar-refractivity contribution in [3.8, 4) is 36.5 Å². The van der Waals surface area contributed by atoms with Gasteiger partial charge in [0.05, 0.1) is 0 Å². The van der Waals surface area contributed by atoms with Gasteiger partial charge in [-0.1, -0.05) is 23.7 Å². The van der Waals surface area contributed by atoms with E-state index in [-0.39, 0.29) is 0 Å². The van der Waals surface area contributed by atoms with E-state index in [4.69, 9.17) is 12.8 Å². The maximum atomic E-state index is 9.19. The molecule has 2 atom stereocenters. The molecule has 0 aliphatic carbocycles. The van der Waals surface area contributed by atoms with Crippen LogP contribution in [0.3, 0.4) is 0 Å². The predicted octanol–water partition coefficient (Wildman–Crippen LogP) is -0.242. The molecule has 0 saturated carbocycles. The van der Waals surface area contributed by atoms with Gasteiger partial charge >= 0.3 is 0 Å². The summed E-state index contributed by atoms with van der Waals surface area (Å²) in [6.45, 7) is 2.68. The molecule has 0 aromatic carbocycles. The molecule has 0 bridgehead atoms. The van der Waals surface area contributed by atoms with Crippen LogP contribution >= 0.6 is 0 Å². The highest BCUT2D eigenvalue weighted by molar-refractivity contribution is 5.32. The number of hydrogen-bond donors (Lipinski definition) is 2. The summed E-state index contributed by atoms with van der Waals surface area (Å²) in [6.07, 6.45) is 9.88. The molecule has 0 rings (SSSR count). The first kappa shape index (κ1) is 10.6. The van der Waals surface area contributed by atoms with Crippen LogP contribution in [0.5, 0.6) is 0 Å². The molecule has 0 radical (unpaired) electrons. The average molecular weight is 162 g/mol. The first-order chi connectivity index (χ1) is 5.33. The van der Waals surface area contributed by atoms with E-state index in [1.807, 2.05) is 11.8 Å². The Kier molecular flexibility index (Phi) is 2.94. The summed E-state index contributed by atoms with van der Waals surface area (Å²) in [5.41, 5.74) is -3.08. The third-order valence-corrected chi connectivity index (χ3v) is 1.11. The van der Waals surface area contributed by atoms with Crippen LogP contribution in [0.15, 0.2) is 0 Å². The van der Waals surface area contributed by atoms with Gasteiger partial charge in [0.1, 0.15) is 0 Å². The Labute approximate surface area is 72.6 Å². The molecule has 0 aromatic heterocycles. The van der Waals surface area contributed by atoms with Gasteiger partial charge in [-0.15, -0.1) is 12.8 Å². The Morgan fingerprint density at radius 1 is 0.917 bits per heavy atom. The number of rotatable bonds is 0. The van der Waals surface area contributed by atoms with Crippen molar-refractivity contribution in [2.75, 3.05) is 0 Å². The van der Waals surface area contributed by atoms with E-state index in [1.165, 1.54) is 13.8 Å². The maximum absolute atomic E-state index is 9.19. The van der Waals surface area contributed by atoms with Crippen LogP contribution in [0, 0.1) is 36.5 Å². The van der Waals surface area contributed by atoms with E-state index in [0.29, 0.717) is 0 Å². The van der Waals surface area contributed by atoms with E-state index >= 15 is 0 Å². The van der Waals surface area contributed by atoms with Crippen LogP contribution in [0.1, 0.15) is 13.8 Å². The van der Waals surface area contributed by atoms with Gasteiger partial charge in [0, 0.05) is 0 Å². The SMILES string of the molecule is C#CC(C)(O)C#CC(C)(O)C#C. The highest BCUT2D eigenvalue weighted by Crippen LogP contribution is 2.02. The molecule has 2 nitrogen and oxygen atoms in total. The highest BCUT2D eigenvalue weighted by atomic mass is 16.3. The van der Waals surface area contributed by atoms with Crippen molar-refractivity contribution >= 4 is 0 Å². The topological polar surface area (TPSA) is 40.5 Å². The standard InChI is InChI=1S/C10H10O2/c1-5-9(3,11)7-8-10(4,12)6-2/h1-2,11-12H,3-4H3. The molecule has 2 N–H and O–H groups in total. The number of hydrogen-bond acceptors (Lipinski definition) is 2. The minimum atomic E-state index is -1.54. The average Bonchev–Trinajstić information content (AvgIpc) is 2.02. The van der Waals surface area contributed by atoms with Crippen LogP contribution in [0.2, 0.25) is 0 Å². The molecule has 2 heteroatoms. The number of terminal acetylenes is 2. The molecule has 0 aliphatic heterocycles. The zero-order valence-electron chi connectivity index (χ0n) is 7.05. The van der Waals surface area contributed by atoms with Crippen LogP contribution in [-0.4, -0.2) is 21.4 Å². The fraction of sp³-hybridized carbons (Fsp3) is 0.400. The van der Waals surface area contributed by atoms with Gasteiger partial charge in [-0.05, 0) is 13.8 Å². The van der Waals surface area contributed by atoms with Crippen molar-refractivity contribution < 1.29 is 10.2 Å². The van der Waals surface area contributed by atoms with Crippen molar-refractivity contribution in [2.24, 2.45) is 0 Å². The third-order valence-electron chi connectivity index (χ3n) is 1.11. The molecular formula is C10H10O2. The van der Waals surface area contributed by atoms with E-state index in [9.17, 15) is 10.2 Å². The van der Waals surface area contributed by atoms with Gasteiger partial charge in [0.25, 0.3) is 0 Å². The summed E-state index contributed by atoms with van der Waals surface area (Å²) in [6, 6.07) is 0. The van der Waals surface area contributed by atoms with E-state index in [2.05, 4.69) is 11.8 Å². The summed E-state index contributed by atoms with van der Waals surface area (Å²) in [5.74, 6) is 8.63. The predicted molar refractivity (Wildman–Crippen MR) is 46.7 cm³/mol. The monoisotopic (exact) mass is 162 g/mol. The Balaban J connectivity index is 4.68. The summed E-state index contributed by atoms with van der Waals surface area (Å²) in [7, 11) is 0. The second kappa shape index (κ2) is 3.33. The van der Waals surface area contributed by atoms with Gasteiger partial charge < -0.3 is 10.2 Å². The molecular weight excluding hydrogens is 152 g/mol. The van der Waals surface area contributed by atoms with Gasteiger partial charge in [-0.25, -0.2) is 0 Å². The van der Waals surface area contributed by atoms with E-state index < -0.39 is 11.2 Å². The highest BCUT2D eigenvalue weighted by Gasteiger charge is 2.15. The summed E-state index contributed by atoms with van der Waals surface area (Å²) in [4.78, 5) is 0. The molecule has 12 heavy (non-hydrogen) atoms. The van der Waals surface area contributed by atoms with Gasteiger partial charge in [0.15, 0.2) is 11.2 Å². The van der Waals surface area contributed by atoms with E-state index in [1.54, 1.807) is 0 Å². The van der Waals surface area contributed by atoms with Crippen LogP contribution in [0.4, 0.5) is 0 Å². The minimum Gasteiger partial charge on any atom is -0.367 e. The molecule has 0 saturated heterocycles. The molecule has 0 aromatic rings. The van der Waals surface area contributed by atoms with Gasteiger partial charge in [-0.3, -0.25) is 0 Å². The normalized spacial score (nSPS) is 18.5. The fourth-order valence-electron chi connectivity index (χ4n) is 0.316. The van der Waals surface area contributed by atoms with Gasteiger partial charge in [0.2, 0.25) is 0 Å². The molecule has 62 valence electrons. The molecule has 0 aliphatic rings. The van der Waals surface area contributed by atoms with Gasteiger partial charge in [-0.2, -0.15) is 0 Å². The van der Waals surface area contributed by atoms with Crippen LogP contribution in [0.25, 0.3) is 0 Å². The van der Waals surface area contributed by atoms with Crippen molar-refractivity contribution in [2.45, 2.75) is 25.0 Å². The number of aliphatic hydroxyl groups is 2. The van der Waals surface area contributed by atoms with Crippen molar-refractivity contribution in [1.29, 1.82) is 0 Å². The molecule has 0 amide bonds. The zero-order chi connectivity index (χ0) is 9.83. The van der Waals surface area contributed by atoms with Crippen molar-refractivity contribution in [3.05, 3.63) is 0 Å². The molecule has 0 spiro atoms. The molecule has 0 heterocycles. The fourth-order valence-corrected chi connectivity index (χ4v) is 0.316. The lowest BCUT2D eigenvalue weighted by Crippen LogP contribution is -2.23. The van der Waals surface area contributed by atoms with Crippen LogP contribution < -0.4 is 0 Å². The Hall–Kier alpha value is -1.40. The Bertz CT molecular complexity index is 269. The summed E-state index contributed by atoms with van der Waals surface area (Å²) >= 11 is 0. The quantitative estimate of drug-likeness (QED) is 0.482. The smallest absolute Gasteiger partial charge is 0.184 e.